The third kappa shape index (κ3) is 5.94. The zero-order valence-corrected chi connectivity index (χ0v) is 19.4. The lowest BCUT2D eigenvalue weighted by Gasteiger charge is -2.22. The summed E-state index contributed by atoms with van der Waals surface area (Å²) in [5.74, 6) is -0.0320. The SMILES string of the molecule is CCCN(CCC)C(=O)C1=Cc2ccc(C(=O)Nc3ccc(C(C)=O)cc3)cc2N=C(N)C1. The molecule has 0 atom stereocenters. The van der Waals surface area contributed by atoms with Gasteiger partial charge < -0.3 is 16.0 Å². The number of ketones is 1. The van der Waals surface area contributed by atoms with Gasteiger partial charge in [0.25, 0.3) is 5.91 Å². The van der Waals surface area contributed by atoms with Crippen molar-refractivity contribution >= 4 is 40.9 Å². The molecular weight excluding hydrogens is 416 g/mol. The summed E-state index contributed by atoms with van der Waals surface area (Å²) in [6, 6.07) is 11.9. The summed E-state index contributed by atoms with van der Waals surface area (Å²) < 4.78 is 0. The number of aliphatic imine (C=N–C) groups is 1. The van der Waals surface area contributed by atoms with Gasteiger partial charge in [0.05, 0.1) is 5.69 Å². The van der Waals surface area contributed by atoms with Gasteiger partial charge in [-0.3, -0.25) is 14.4 Å². The highest BCUT2D eigenvalue weighted by Gasteiger charge is 2.21. The molecule has 33 heavy (non-hydrogen) atoms. The van der Waals surface area contributed by atoms with Gasteiger partial charge in [0.1, 0.15) is 5.84 Å². The van der Waals surface area contributed by atoms with Crippen LogP contribution < -0.4 is 11.1 Å². The predicted molar refractivity (Wildman–Crippen MR) is 132 cm³/mol. The van der Waals surface area contributed by atoms with Gasteiger partial charge in [-0.15, -0.1) is 0 Å². The Morgan fingerprint density at radius 1 is 1.00 bits per heavy atom. The normalized spacial score (nSPS) is 12.7. The first-order chi connectivity index (χ1) is 15.8. The minimum Gasteiger partial charge on any atom is -0.387 e. The van der Waals surface area contributed by atoms with Crippen molar-refractivity contribution in [1.29, 1.82) is 0 Å². The van der Waals surface area contributed by atoms with E-state index in [1.807, 2.05) is 24.8 Å². The van der Waals surface area contributed by atoms with Crippen LogP contribution in [0.1, 0.15) is 66.3 Å². The summed E-state index contributed by atoms with van der Waals surface area (Å²) in [5.41, 5.74) is 9.60. The summed E-state index contributed by atoms with van der Waals surface area (Å²) in [4.78, 5) is 43.6. The average molecular weight is 447 g/mol. The third-order valence-corrected chi connectivity index (χ3v) is 5.36. The van der Waals surface area contributed by atoms with Crippen LogP contribution in [0.3, 0.4) is 0 Å². The van der Waals surface area contributed by atoms with E-state index in [0.717, 1.165) is 18.4 Å². The van der Waals surface area contributed by atoms with Gasteiger partial charge in [-0.2, -0.15) is 0 Å². The van der Waals surface area contributed by atoms with Crippen molar-refractivity contribution in [2.75, 3.05) is 18.4 Å². The number of amides is 2. The molecule has 1 aliphatic rings. The summed E-state index contributed by atoms with van der Waals surface area (Å²) >= 11 is 0. The number of rotatable bonds is 8. The Balaban J connectivity index is 1.84. The number of benzene rings is 2. The molecule has 0 aromatic heterocycles. The molecule has 0 unspecified atom stereocenters. The minimum absolute atomic E-state index is 0.0273. The van der Waals surface area contributed by atoms with Crippen LogP contribution in [-0.2, 0) is 4.79 Å². The summed E-state index contributed by atoms with van der Waals surface area (Å²) in [6.45, 7) is 6.98. The Hall–Kier alpha value is -3.74. The standard InChI is InChI=1S/C26H30N4O3/c1-4-12-30(13-5-2)26(33)21-14-19-6-7-20(15-23(19)29-24(27)16-21)25(32)28-22-10-8-18(9-11-22)17(3)31/h6-11,14-15H,4-5,12-13,16H2,1-3H3,(H2,27,29)(H,28,32). The van der Waals surface area contributed by atoms with E-state index >= 15 is 0 Å². The molecule has 3 rings (SSSR count). The van der Waals surface area contributed by atoms with Crippen molar-refractivity contribution in [1.82, 2.24) is 4.90 Å². The number of hydrogen-bond donors (Lipinski definition) is 2. The lowest BCUT2D eigenvalue weighted by atomic mass is 10.0. The zero-order chi connectivity index (χ0) is 24.0. The van der Waals surface area contributed by atoms with Gasteiger partial charge in [0.2, 0.25) is 5.91 Å². The van der Waals surface area contributed by atoms with E-state index in [1.165, 1.54) is 6.92 Å². The van der Waals surface area contributed by atoms with E-state index < -0.39 is 0 Å². The third-order valence-electron chi connectivity index (χ3n) is 5.36. The van der Waals surface area contributed by atoms with Crippen LogP contribution in [0.15, 0.2) is 53.0 Å². The highest BCUT2D eigenvalue weighted by atomic mass is 16.2. The van der Waals surface area contributed by atoms with E-state index in [-0.39, 0.29) is 24.0 Å². The first kappa shape index (κ1) is 23.9. The van der Waals surface area contributed by atoms with Gasteiger partial charge in [0.15, 0.2) is 5.78 Å². The lowest BCUT2D eigenvalue weighted by molar-refractivity contribution is -0.127. The van der Waals surface area contributed by atoms with Crippen LogP contribution >= 0.6 is 0 Å². The molecule has 0 saturated carbocycles. The Morgan fingerprint density at radius 2 is 1.64 bits per heavy atom. The maximum absolute atomic E-state index is 13.1. The average Bonchev–Trinajstić information content (AvgIpc) is 2.96. The molecule has 2 aromatic carbocycles. The van der Waals surface area contributed by atoms with Crippen molar-refractivity contribution in [2.24, 2.45) is 10.7 Å². The Morgan fingerprint density at radius 3 is 2.24 bits per heavy atom. The molecule has 0 bridgehead atoms. The summed E-state index contributed by atoms with van der Waals surface area (Å²) in [7, 11) is 0. The molecule has 2 aromatic rings. The second kappa shape index (κ2) is 10.7. The fraction of sp³-hybridized carbons (Fsp3) is 0.308. The van der Waals surface area contributed by atoms with E-state index in [1.54, 1.807) is 42.5 Å². The van der Waals surface area contributed by atoms with Crippen LogP contribution in [0.2, 0.25) is 0 Å². The van der Waals surface area contributed by atoms with Crippen molar-refractivity contribution in [3.05, 3.63) is 64.7 Å². The first-order valence-corrected chi connectivity index (χ1v) is 11.2. The van der Waals surface area contributed by atoms with Gasteiger partial charge >= 0.3 is 0 Å². The number of amidine groups is 1. The molecule has 3 N–H and O–H groups in total. The second-order valence-corrected chi connectivity index (χ2v) is 8.10. The number of fused-ring (bicyclic) bond motifs is 1. The van der Waals surface area contributed by atoms with Crippen LogP contribution in [0.25, 0.3) is 6.08 Å². The van der Waals surface area contributed by atoms with Crippen molar-refractivity contribution in [3.63, 3.8) is 0 Å². The Bertz CT molecular complexity index is 1110. The molecule has 2 amide bonds. The lowest BCUT2D eigenvalue weighted by Crippen LogP contribution is -2.34. The number of carbonyl (C=O) groups excluding carboxylic acids is 3. The minimum atomic E-state index is -0.302. The molecule has 0 aliphatic carbocycles. The largest absolute Gasteiger partial charge is 0.387 e. The maximum atomic E-state index is 13.1. The Labute approximate surface area is 194 Å². The van der Waals surface area contributed by atoms with Crippen LogP contribution in [0, 0.1) is 0 Å². The highest BCUT2D eigenvalue weighted by molar-refractivity contribution is 6.08. The summed E-state index contributed by atoms with van der Waals surface area (Å²) in [5, 5.41) is 2.82. The molecule has 0 spiro atoms. The topological polar surface area (TPSA) is 105 Å². The summed E-state index contributed by atoms with van der Waals surface area (Å²) in [6.07, 6.45) is 3.85. The van der Waals surface area contributed by atoms with Crippen molar-refractivity contribution in [3.8, 4) is 0 Å². The van der Waals surface area contributed by atoms with Crippen LogP contribution in [-0.4, -0.2) is 41.4 Å². The van der Waals surface area contributed by atoms with E-state index in [0.29, 0.717) is 47.0 Å². The zero-order valence-electron chi connectivity index (χ0n) is 19.4. The molecule has 1 heterocycles. The molecule has 172 valence electrons. The fourth-order valence-corrected chi connectivity index (χ4v) is 3.72. The van der Waals surface area contributed by atoms with Gasteiger partial charge in [-0.05, 0) is 62.2 Å². The molecule has 7 heteroatoms. The Kier molecular flexibility index (Phi) is 7.77. The monoisotopic (exact) mass is 446 g/mol. The number of nitrogens with zero attached hydrogens (tertiary/aromatic N) is 2. The second-order valence-electron chi connectivity index (χ2n) is 8.10. The van der Waals surface area contributed by atoms with Crippen LogP contribution in [0.4, 0.5) is 11.4 Å². The number of hydrogen-bond acceptors (Lipinski definition) is 5. The van der Waals surface area contributed by atoms with Gasteiger partial charge in [0, 0.05) is 47.5 Å². The molecule has 1 aliphatic heterocycles. The van der Waals surface area contributed by atoms with E-state index in [4.69, 9.17) is 5.73 Å². The van der Waals surface area contributed by atoms with E-state index in [2.05, 4.69) is 10.3 Å². The maximum Gasteiger partial charge on any atom is 0.255 e. The number of anilines is 1. The predicted octanol–water partition coefficient (Wildman–Crippen LogP) is 4.57. The molecule has 7 nitrogen and oxygen atoms in total. The quantitative estimate of drug-likeness (QED) is 0.580. The van der Waals surface area contributed by atoms with Crippen LogP contribution in [0.5, 0.6) is 0 Å². The van der Waals surface area contributed by atoms with Gasteiger partial charge in [-0.25, -0.2) is 4.99 Å². The fourth-order valence-electron chi connectivity index (χ4n) is 3.72. The van der Waals surface area contributed by atoms with Gasteiger partial charge in [-0.1, -0.05) is 19.9 Å². The first-order valence-electron chi connectivity index (χ1n) is 11.2. The highest BCUT2D eigenvalue weighted by Crippen LogP contribution is 2.29. The molecule has 0 radical (unpaired) electrons. The number of nitrogens with two attached hydrogens (primary N) is 1. The van der Waals surface area contributed by atoms with Crippen molar-refractivity contribution < 1.29 is 14.4 Å². The molecule has 0 saturated heterocycles. The number of carbonyl (C=O) groups is 3. The molecular formula is C26H30N4O3. The number of Topliss-reactive ketones (excluding diaryl/α,β-unsaturated/α-hetero) is 1. The smallest absolute Gasteiger partial charge is 0.255 e. The van der Waals surface area contributed by atoms with E-state index in [9.17, 15) is 14.4 Å². The molecule has 0 fully saturated rings. The number of nitrogens with one attached hydrogen (secondary N) is 1. The van der Waals surface area contributed by atoms with Crippen molar-refractivity contribution in [2.45, 2.75) is 40.0 Å².